The first kappa shape index (κ1) is 18.7. The number of benzene rings is 2. The molecule has 0 aliphatic heterocycles. The van der Waals surface area contributed by atoms with E-state index in [9.17, 15) is 4.57 Å². The molecule has 2 rings (SSSR count). The maximum absolute atomic E-state index is 12.6. The van der Waals surface area contributed by atoms with Crippen molar-refractivity contribution >= 4 is 29.6 Å². The molecule has 24 heavy (non-hydrogen) atoms. The molecule has 7 heteroatoms. The van der Waals surface area contributed by atoms with Crippen LogP contribution in [0.25, 0.3) is 0 Å². The zero-order valence-corrected chi connectivity index (χ0v) is 15.5. The summed E-state index contributed by atoms with van der Waals surface area (Å²) in [7, 11) is 0. The lowest BCUT2D eigenvalue weighted by Gasteiger charge is -2.17. The van der Waals surface area contributed by atoms with Crippen molar-refractivity contribution < 1.29 is 13.6 Å². The fourth-order valence-electron chi connectivity index (χ4n) is 1.76. The quantitative estimate of drug-likeness (QED) is 0.364. The topological polar surface area (TPSA) is 60.2 Å². The Morgan fingerprint density at radius 3 is 2.17 bits per heavy atom. The molecule has 0 bridgehead atoms. The van der Waals surface area contributed by atoms with Crippen molar-refractivity contribution in [2.45, 2.75) is 20.3 Å². The first-order valence-electron chi connectivity index (χ1n) is 7.81. The lowest BCUT2D eigenvalue weighted by Crippen LogP contribution is -1.95. The van der Waals surface area contributed by atoms with E-state index in [2.05, 4.69) is 10.2 Å². The first-order valence-corrected chi connectivity index (χ1v) is 10.9. The molecule has 128 valence electrons. The second-order valence-electron chi connectivity index (χ2n) is 4.82. The number of nitrogens with zero attached hydrogens (tertiary/aromatic N) is 2. The number of rotatable bonds is 9. The van der Waals surface area contributed by atoms with Crippen molar-refractivity contribution in [2.24, 2.45) is 10.2 Å². The van der Waals surface area contributed by atoms with Crippen LogP contribution in [-0.4, -0.2) is 12.4 Å². The van der Waals surface area contributed by atoms with E-state index in [1.54, 1.807) is 31.2 Å². The third-order valence-electron chi connectivity index (χ3n) is 2.83. The van der Waals surface area contributed by atoms with E-state index in [4.69, 9.17) is 9.05 Å². The molecule has 0 saturated heterocycles. The van der Waals surface area contributed by atoms with Gasteiger partial charge in [-0.1, -0.05) is 25.1 Å². The van der Waals surface area contributed by atoms with Crippen LogP contribution in [0.3, 0.4) is 0 Å². The molecule has 0 heterocycles. The average Bonchev–Trinajstić information content (AvgIpc) is 2.60. The van der Waals surface area contributed by atoms with Crippen molar-refractivity contribution in [3.05, 3.63) is 54.6 Å². The second-order valence-corrected chi connectivity index (χ2v) is 8.94. The van der Waals surface area contributed by atoms with Gasteiger partial charge >= 0.3 is 6.80 Å². The highest BCUT2D eigenvalue weighted by Gasteiger charge is 2.26. The van der Waals surface area contributed by atoms with Crippen molar-refractivity contribution in [3.8, 4) is 5.75 Å². The van der Waals surface area contributed by atoms with Gasteiger partial charge in [0.2, 0.25) is 0 Å². The average molecular weight is 364 g/mol. The summed E-state index contributed by atoms with van der Waals surface area (Å²) in [5.74, 6) is 1.22. The maximum Gasteiger partial charge on any atom is 0.440 e. The predicted molar refractivity (Wildman–Crippen MR) is 99.7 cm³/mol. The fourth-order valence-corrected chi connectivity index (χ4v) is 5.22. The van der Waals surface area contributed by atoms with Gasteiger partial charge in [0, 0.05) is 5.75 Å². The molecule has 0 aromatic heterocycles. The van der Waals surface area contributed by atoms with Crippen LogP contribution in [-0.2, 0) is 9.09 Å². The highest BCUT2D eigenvalue weighted by Crippen LogP contribution is 2.60. The van der Waals surface area contributed by atoms with Crippen LogP contribution in [0, 0.1) is 0 Å². The van der Waals surface area contributed by atoms with Crippen LogP contribution in [0.1, 0.15) is 20.3 Å². The Balaban J connectivity index is 2.02. The van der Waals surface area contributed by atoms with Gasteiger partial charge in [0.05, 0.1) is 18.0 Å². The number of hydrogen-bond acceptors (Lipinski definition) is 6. The summed E-state index contributed by atoms with van der Waals surface area (Å²) in [5.41, 5.74) is 1.48. The zero-order valence-electron chi connectivity index (χ0n) is 13.8. The van der Waals surface area contributed by atoms with E-state index >= 15 is 0 Å². The molecule has 0 aliphatic carbocycles. The van der Waals surface area contributed by atoms with Crippen LogP contribution < -0.4 is 4.52 Å². The Hall–Kier alpha value is -1.62. The Labute approximate surface area is 146 Å². The van der Waals surface area contributed by atoms with E-state index in [0.29, 0.717) is 18.0 Å². The van der Waals surface area contributed by atoms with Gasteiger partial charge in [-0.3, -0.25) is 4.52 Å². The van der Waals surface area contributed by atoms with E-state index in [1.165, 1.54) is 11.4 Å². The lowest BCUT2D eigenvalue weighted by atomic mass is 10.3. The van der Waals surface area contributed by atoms with Crippen molar-refractivity contribution in [1.82, 2.24) is 0 Å². The third-order valence-corrected chi connectivity index (χ3v) is 6.78. The van der Waals surface area contributed by atoms with Gasteiger partial charge in [0.15, 0.2) is 0 Å². The van der Waals surface area contributed by atoms with Gasteiger partial charge in [-0.05, 0) is 61.1 Å². The molecule has 0 amide bonds. The minimum atomic E-state index is -3.17. The molecule has 0 radical (unpaired) electrons. The molecule has 0 aliphatic rings. The van der Waals surface area contributed by atoms with E-state index in [-0.39, 0.29) is 0 Å². The molecule has 1 atom stereocenters. The largest absolute Gasteiger partial charge is 0.440 e. The molecule has 1 unspecified atom stereocenters. The molecule has 0 N–H and O–H groups in total. The highest BCUT2D eigenvalue weighted by atomic mass is 32.7. The van der Waals surface area contributed by atoms with Gasteiger partial charge in [0.25, 0.3) is 0 Å². The Morgan fingerprint density at radius 1 is 0.958 bits per heavy atom. The zero-order chi connectivity index (χ0) is 17.3. The Kier molecular flexibility index (Phi) is 7.50. The first-order chi connectivity index (χ1) is 11.6. The fraction of sp³-hybridized carbons (Fsp3) is 0.294. The van der Waals surface area contributed by atoms with Crippen LogP contribution in [0.5, 0.6) is 5.75 Å². The van der Waals surface area contributed by atoms with Crippen LogP contribution in [0.4, 0.5) is 11.4 Å². The lowest BCUT2D eigenvalue weighted by molar-refractivity contribution is 0.296. The monoisotopic (exact) mass is 364 g/mol. The molecular weight excluding hydrogens is 343 g/mol. The number of azo groups is 1. The summed E-state index contributed by atoms with van der Waals surface area (Å²) >= 11 is 1.22. The molecule has 2 aromatic rings. The summed E-state index contributed by atoms with van der Waals surface area (Å²) < 4.78 is 23.5. The van der Waals surface area contributed by atoms with Crippen LogP contribution in [0.2, 0.25) is 0 Å². The van der Waals surface area contributed by atoms with E-state index < -0.39 is 6.80 Å². The van der Waals surface area contributed by atoms with Crippen molar-refractivity contribution in [2.75, 3.05) is 12.4 Å². The highest BCUT2D eigenvalue weighted by molar-refractivity contribution is 8.55. The van der Waals surface area contributed by atoms with Crippen molar-refractivity contribution in [1.29, 1.82) is 0 Å². The van der Waals surface area contributed by atoms with Crippen LogP contribution in [0.15, 0.2) is 64.8 Å². The minimum absolute atomic E-state index is 0.345. The summed E-state index contributed by atoms with van der Waals surface area (Å²) in [6, 6.07) is 16.5. The van der Waals surface area contributed by atoms with Crippen molar-refractivity contribution in [3.63, 3.8) is 0 Å². The molecule has 0 spiro atoms. The predicted octanol–water partition coefficient (Wildman–Crippen LogP) is 6.77. The van der Waals surface area contributed by atoms with E-state index in [0.717, 1.165) is 17.9 Å². The van der Waals surface area contributed by atoms with Gasteiger partial charge < -0.3 is 4.52 Å². The summed E-state index contributed by atoms with van der Waals surface area (Å²) in [6.45, 7) is 0.996. The van der Waals surface area contributed by atoms with Gasteiger partial charge in [-0.15, -0.1) is 0 Å². The Bertz CT molecular complexity index is 693. The SMILES string of the molecule is CCCSP(=O)(OCC)Oc1ccc(N=Nc2ccccc2)cc1. The minimum Gasteiger partial charge on any atom is -0.417 e. The molecular formula is C17H21N2O3PS. The molecule has 0 fully saturated rings. The van der Waals surface area contributed by atoms with E-state index in [1.807, 2.05) is 37.3 Å². The normalized spacial score (nSPS) is 13.8. The second kappa shape index (κ2) is 9.62. The maximum atomic E-state index is 12.6. The third kappa shape index (κ3) is 6.11. The van der Waals surface area contributed by atoms with Gasteiger partial charge in [0.1, 0.15) is 5.75 Å². The summed E-state index contributed by atoms with van der Waals surface area (Å²) in [5, 5.41) is 8.32. The standard InChI is InChI=1S/C17H21N2O3PS/c1-3-14-24-23(20,21-4-2)22-17-12-10-16(11-13-17)19-18-15-8-6-5-7-9-15/h5-13H,3-4,14H2,1-2H3. The molecule has 5 nitrogen and oxygen atoms in total. The molecule has 0 saturated carbocycles. The number of hydrogen-bond donors (Lipinski definition) is 0. The Morgan fingerprint density at radius 2 is 1.58 bits per heavy atom. The van der Waals surface area contributed by atoms with Gasteiger partial charge in [-0.2, -0.15) is 10.2 Å². The van der Waals surface area contributed by atoms with Crippen LogP contribution >= 0.6 is 18.2 Å². The van der Waals surface area contributed by atoms with Gasteiger partial charge in [-0.25, -0.2) is 4.57 Å². The summed E-state index contributed by atoms with van der Waals surface area (Å²) in [6.07, 6.45) is 0.907. The summed E-state index contributed by atoms with van der Waals surface area (Å²) in [4.78, 5) is 0. The smallest absolute Gasteiger partial charge is 0.417 e. The molecule has 2 aromatic carbocycles.